The van der Waals surface area contributed by atoms with Crippen LogP contribution in [0.15, 0.2) is 35.0 Å². The van der Waals surface area contributed by atoms with Crippen molar-refractivity contribution >= 4 is 5.91 Å². The fourth-order valence-electron chi connectivity index (χ4n) is 4.15. The maximum Gasteiger partial charge on any atom is 0.227 e. The van der Waals surface area contributed by atoms with Crippen LogP contribution in [-0.4, -0.2) is 39.3 Å². The van der Waals surface area contributed by atoms with Gasteiger partial charge in [-0.1, -0.05) is 29.4 Å². The van der Waals surface area contributed by atoms with Crippen LogP contribution in [0, 0.1) is 20.8 Å². The molecule has 0 aliphatic carbocycles. The summed E-state index contributed by atoms with van der Waals surface area (Å²) in [6.07, 6.45) is 4.30. The molecule has 1 fully saturated rings. The lowest BCUT2D eigenvalue weighted by Crippen LogP contribution is -2.40. The van der Waals surface area contributed by atoms with E-state index in [0.717, 1.165) is 47.7 Å². The van der Waals surface area contributed by atoms with Crippen molar-refractivity contribution in [2.24, 2.45) is 0 Å². The number of likely N-dealkylation sites (tertiary alicyclic amines) is 1. The van der Waals surface area contributed by atoms with Crippen molar-refractivity contribution in [1.29, 1.82) is 0 Å². The van der Waals surface area contributed by atoms with Gasteiger partial charge in [0.25, 0.3) is 0 Å². The number of aromatic nitrogens is 3. The van der Waals surface area contributed by atoms with Crippen molar-refractivity contribution in [3.63, 3.8) is 0 Å². The maximum absolute atomic E-state index is 12.9. The number of aromatic amines is 1. The lowest BCUT2D eigenvalue weighted by Gasteiger charge is -2.33. The first kappa shape index (κ1) is 18.5. The second-order valence-corrected chi connectivity index (χ2v) is 7.67. The molecule has 28 heavy (non-hydrogen) atoms. The summed E-state index contributed by atoms with van der Waals surface area (Å²) in [6, 6.07) is 8.35. The third-order valence-electron chi connectivity index (χ3n) is 5.80. The summed E-state index contributed by atoms with van der Waals surface area (Å²) in [4.78, 5) is 14.9. The second-order valence-electron chi connectivity index (χ2n) is 7.67. The third kappa shape index (κ3) is 3.46. The van der Waals surface area contributed by atoms with E-state index in [1.165, 1.54) is 11.1 Å². The fraction of sp³-hybridized carbons (Fsp3) is 0.409. The normalized spacial score (nSPS) is 17.1. The lowest BCUT2D eigenvalue weighted by molar-refractivity contribution is -0.131. The van der Waals surface area contributed by atoms with Crippen molar-refractivity contribution in [2.45, 2.75) is 46.0 Å². The molecule has 0 saturated carbocycles. The van der Waals surface area contributed by atoms with E-state index in [4.69, 9.17) is 4.52 Å². The first-order valence-electron chi connectivity index (χ1n) is 9.83. The Morgan fingerprint density at radius 1 is 1.25 bits per heavy atom. The highest BCUT2D eigenvalue weighted by Crippen LogP contribution is 2.34. The van der Waals surface area contributed by atoms with Gasteiger partial charge in [0.05, 0.1) is 18.3 Å². The number of nitrogens with one attached hydrogen (secondary N) is 1. The number of carbonyl (C=O) groups excluding carboxylic acids is 1. The number of rotatable bonds is 4. The Morgan fingerprint density at radius 3 is 2.82 bits per heavy atom. The first-order valence-corrected chi connectivity index (χ1v) is 9.83. The highest BCUT2D eigenvalue weighted by Gasteiger charge is 2.28. The first-order chi connectivity index (χ1) is 13.5. The molecule has 1 unspecified atom stereocenters. The van der Waals surface area contributed by atoms with Gasteiger partial charge in [-0.05, 0) is 44.7 Å². The molecular weight excluding hydrogens is 352 g/mol. The molecule has 1 aliphatic heterocycles. The Balaban J connectivity index is 1.53. The van der Waals surface area contributed by atoms with Crippen LogP contribution in [0.4, 0.5) is 0 Å². The van der Waals surface area contributed by atoms with Gasteiger partial charge in [0, 0.05) is 35.8 Å². The number of carbonyl (C=O) groups is 1. The molecule has 1 aromatic carbocycles. The van der Waals surface area contributed by atoms with Crippen LogP contribution in [0.1, 0.15) is 47.0 Å². The average Bonchev–Trinajstić information content (AvgIpc) is 3.31. The molecule has 1 N–H and O–H groups in total. The third-order valence-corrected chi connectivity index (χ3v) is 5.80. The zero-order valence-electron chi connectivity index (χ0n) is 16.7. The van der Waals surface area contributed by atoms with Gasteiger partial charge in [0.2, 0.25) is 5.91 Å². The molecule has 3 heterocycles. The van der Waals surface area contributed by atoms with E-state index in [0.29, 0.717) is 13.0 Å². The highest BCUT2D eigenvalue weighted by molar-refractivity contribution is 5.79. The highest BCUT2D eigenvalue weighted by atomic mass is 16.5. The Labute approximate surface area is 164 Å². The van der Waals surface area contributed by atoms with Gasteiger partial charge in [-0.2, -0.15) is 5.10 Å². The summed E-state index contributed by atoms with van der Waals surface area (Å²) in [5, 5.41) is 11.5. The van der Waals surface area contributed by atoms with Gasteiger partial charge in [0.15, 0.2) is 0 Å². The Hall–Kier alpha value is -2.89. The minimum atomic E-state index is 0.135. The largest absolute Gasteiger partial charge is 0.361 e. The van der Waals surface area contributed by atoms with E-state index in [1.54, 1.807) is 0 Å². The minimum absolute atomic E-state index is 0.135. The van der Waals surface area contributed by atoms with Crippen molar-refractivity contribution < 1.29 is 9.32 Å². The zero-order valence-corrected chi connectivity index (χ0v) is 16.7. The number of H-pyrrole nitrogens is 1. The SMILES string of the molecule is Cc1ccccc1-c1cn[nH]c1C1CCCN(C(=O)Cc2c(C)noc2C)C1. The average molecular weight is 378 g/mol. The molecule has 1 saturated heterocycles. The number of aryl methyl sites for hydroxylation is 3. The molecule has 4 rings (SSSR count). The number of benzene rings is 1. The summed E-state index contributed by atoms with van der Waals surface area (Å²) in [7, 11) is 0. The predicted octanol–water partition coefficient (Wildman–Crippen LogP) is 3.94. The Kier molecular flexibility index (Phi) is 5.03. The van der Waals surface area contributed by atoms with Gasteiger partial charge in [0.1, 0.15) is 5.76 Å². The molecular formula is C22H26N4O2. The van der Waals surface area contributed by atoms with Crippen LogP contribution >= 0.6 is 0 Å². The fourth-order valence-corrected chi connectivity index (χ4v) is 4.15. The van der Waals surface area contributed by atoms with E-state index >= 15 is 0 Å². The van der Waals surface area contributed by atoms with E-state index in [2.05, 4.69) is 40.5 Å². The molecule has 1 atom stereocenters. The van der Waals surface area contributed by atoms with Crippen LogP contribution in [0.2, 0.25) is 0 Å². The van der Waals surface area contributed by atoms with E-state index in [9.17, 15) is 4.79 Å². The van der Waals surface area contributed by atoms with Crippen molar-refractivity contribution in [1.82, 2.24) is 20.3 Å². The lowest BCUT2D eigenvalue weighted by atomic mass is 9.89. The maximum atomic E-state index is 12.9. The van der Waals surface area contributed by atoms with Gasteiger partial charge in [-0.15, -0.1) is 0 Å². The minimum Gasteiger partial charge on any atom is -0.361 e. The van der Waals surface area contributed by atoms with Crippen molar-refractivity contribution in [3.05, 3.63) is 58.7 Å². The molecule has 6 nitrogen and oxygen atoms in total. The molecule has 146 valence electrons. The summed E-state index contributed by atoms with van der Waals surface area (Å²) in [5.74, 6) is 1.13. The van der Waals surface area contributed by atoms with E-state index in [1.807, 2.05) is 31.0 Å². The molecule has 6 heteroatoms. The summed E-state index contributed by atoms with van der Waals surface area (Å²) < 4.78 is 5.21. The van der Waals surface area contributed by atoms with E-state index < -0.39 is 0 Å². The number of hydrogen-bond donors (Lipinski definition) is 1. The molecule has 0 spiro atoms. The van der Waals surface area contributed by atoms with Gasteiger partial charge < -0.3 is 9.42 Å². The number of hydrogen-bond acceptors (Lipinski definition) is 4. The molecule has 1 aliphatic rings. The molecule has 3 aromatic rings. The quantitative estimate of drug-likeness (QED) is 0.746. The molecule has 0 radical (unpaired) electrons. The Morgan fingerprint density at radius 2 is 2.07 bits per heavy atom. The summed E-state index contributed by atoms with van der Waals surface area (Å²) >= 11 is 0. The molecule has 1 amide bonds. The second kappa shape index (κ2) is 7.62. The smallest absolute Gasteiger partial charge is 0.227 e. The van der Waals surface area contributed by atoms with Crippen LogP contribution < -0.4 is 0 Å². The molecule has 2 aromatic heterocycles. The zero-order chi connectivity index (χ0) is 19.7. The van der Waals surface area contributed by atoms with Crippen LogP contribution in [0.3, 0.4) is 0 Å². The number of piperidine rings is 1. The summed E-state index contributed by atoms with van der Waals surface area (Å²) in [6.45, 7) is 7.38. The van der Waals surface area contributed by atoms with Gasteiger partial charge >= 0.3 is 0 Å². The van der Waals surface area contributed by atoms with Crippen molar-refractivity contribution in [2.75, 3.05) is 13.1 Å². The summed E-state index contributed by atoms with van der Waals surface area (Å²) in [5.41, 5.74) is 6.41. The topological polar surface area (TPSA) is 75.0 Å². The van der Waals surface area contributed by atoms with E-state index in [-0.39, 0.29) is 11.8 Å². The van der Waals surface area contributed by atoms with Crippen LogP contribution in [-0.2, 0) is 11.2 Å². The van der Waals surface area contributed by atoms with Crippen LogP contribution in [0.25, 0.3) is 11.1 Å². The predicted molar refractivity (Wildman–Crippen MR) is 107 cm³/mol. The number of amides is 1. The van der Waals surface area contributed by atoms with Gasteiger partial charge in [-0.25, -0.2) is 0 Å². The number of nitrogens with zero attached hydrogens (tertiary/aromatic N) is 3. The van der Waals surface area contributed by atoms with Crippen LogP contribution in [0.5, 0.6) is 0 Å². The monoisotopic (exact) mass is 378 g/mol. The molecule has 0 bridgehead atoms. The standard InChI is InChI=1S/C22H26N4O2/c1-14-7-4-5-9-18(14)20-12-23-24-22(20)17-8-6-10-26(13-17)21(27)11-19-15(2)25-28-16(19)3/h4-5,7,9,12,17H,6,8,10-11,13H2,1-3H3,(H,23,24). The van der Waals surface area contributed by atoms with Crippen molar-refractivity contribution in [3.8, 4) is 11.1 Å². The van der Waals surface area contributed by atoms with Gasteiger partial charge in [-0.3, -0.25) is 9.89 Å². The Bertz CT molecular complexity index is 969.